The Morgan fingerprint density at radius 1 is 1.23 bits per heavy atom. The number of rotatable bonds is 7. The van der Waals surface area contributed by atoms with Gasteiger partial charge < -0.3 is 9.13 Å². The Bertz CT molecular complexity index is 925. The first kappa shape index (κ1) is 17.1. The summed E-state index contributed by atoms with van der Waals surface area (Å²) in [5.74, 6) is 0.536. The summed E-state index contributed by atoms with van der Waals surface area (Å²) in [5.41, 5.74) is 4.19. The molecule has 0 bridgehead atoms. The summed E-state index contributed by atoms with van der Waals surface area (Å²) in [7, 11) is 0. The van der Waals surface area contributed by atoms with Gasteiger partial charge in [-0.05, 0) is 38.3 Å². The maximum absolute atomic E-state index is 12.8. The van der Waals surface area contributed by atoms with Crippen molar-refractivity contribution >= 4 is 17.5 Å². The molecule has 0 atom stereocenters. The minimum absolute atomic E-state index is 0.146. The Hall–Kier alpha value is -2.34. The summed E-state index contributed by atoms with van der Waals surface area (Å²) in [6, 6.07) is 12.9. The molecule has 0 unspecified atom stereocenters. The zero-order valence-electron chi connectivity index (χ0n) is 15.1. The SMILES string of the molecule is Cc1cc(C(=O)CSc2nncn2C2CC2)c(C)n1Cc1ccccc1. The molecule has 0 saturated heterocycles. The van der Waals surface area contributed by atoms with Crippen LogP contribution in [0.15, 0.2) is 47.9 Å². The lowest BCUT2D eigenvalue weighted by Crippen LogP contribution is -2.08. The minimum Gasteiger partial charge on any atom is -0.344 e. The molecule has 1 fully saturated rings. The molecule has 4 rings (SSSR count). The molecule has 26 heavy (non-hydrogen) atoms. The van der Waals surface area contributed by atoms with Crippen LogP contribution >= 0.6 is 11.8 Å². The van der Waals surface area contributed by atoms with Crippen molar-refractivity contribution in [3.05, 3.63) is 65.2 Å². The quantitative estimate of drug-likeness (QED) is 0.467. The summed E-state index contributed by atoms with van der Waals surface area (Å²) in [6.07, 6.45) is 4.14. The monoisotopic (exact) mass is 366 g/mol. The Balaban J connectivity index is 1.47. The largest absolute Gasteiger partial charge is 0.344 e. The third-order valence-corrected chi connectivity index (χ3v) is 5.83. The van der Waals surface area contributed by atoms with Crippen molar-refractivity contribution in [1.82, 2.24) is 19.3 Å². The van der Waals surface area contributed by atoms with Crippen LogP contribution in [0.4, 0.5) is 0 Å². The third-order valence-electron chi connectivity index (χ3n) is 4.87. The van der Waals surface area contributed by atoms with Crippen molar-refractivity contribution in [2.24, 2.45) is 0 Å². The molecule has 6 heteroatoms. The third kappa shape index (κ3) is 3.46. The van der Waals surface area contributed by atoms with E-state index in [4.69, 9.17) is 0 Å². The van der Waals surface area contributed by atoms with E-state index in [1.165, 1.54) is 30.2 Å². The van der Waals surface area contributed by atoms with Gasteiger partial charge in [0, 0.05) is 29.5 Å². The van der Waals surface area contributed by atoms with Crippen molar-refractivity contribution < 1.29 is 4.79 Å². The van der Waals surface area contributed by atoms with Crippen LogP contribution in [-0.2, 0) is 6.54 Å². The Morgan fingerprint density at radius 2 is 2.00 bits per heavy atom. The summed E-state index contributed by atoms with van der Waals surface area (Å²) in [5, 5.41) is 9.00. The summed E-state index contributed by atoms with van der Waals surface area (Å²) in [4.78, 5) is 12.8. The van der Waals surface area contributed by atoms with Crippen molar-refractivity contribution in [1.29, 1.82) is 0 Å². The van der Waals surface area contributed by atoms with Gasteiger partial charge in [0.05, 0.1) is 5.75 Å². The van der Waals surface area contributed by atoms with E-state index in [0.29, 0.717) is 11.8 Å². The molecular formula is C20H22N4OS. The number of Topliss-reactive ketones (excluding diaryl/α,β-unsaturated/α-hetero) is 1. The van der Waals surface area contributed by atoms with Crippen LogP contribution in [0.3, 0.4) is 0 Å². The smallest absolute Gasteiger partial charge is 0.191 e. The molecule has 0 spiro atoms. The van der Waals surface area contributed by atoms with Crippen LogP contribution in [0.1, 0.15) is 46.2 Å². The van der Waals surface area contributed by atoms with Gasteiger partial charge in [-0.15, -0.1) is 10.2 Å². The first-order valence-corrected chi connectivity index (χ1v) is 9.88. The molecule has 5 nitrogen and oxygen atoms in total. The molecule has 0 radical (unpaired) electrons. The van der Waals surface area contributed by atoms with Gasteiger partial charge in [-0.25, -0.2) is 0 Å². The first-order valence-electron chi connectivity index (χ1n) is 8.89. The lowest BCUT2D eigenvalue weighted by molar-refractivity contribution is 0.102. The van der Waals surface area contributed by atoms with Crippen LogP contribution in [0.5, 0.6) is 0 Å². The number of benzene rings is 1. The fourth-order valence-electron chi connectivity index (χ4n) is 3.24. The number of hydrogen-bond acceptors (Lipinski definition) is 4. The highest BCUT2D eigenvalue weighted by atomic mass is 32.2. The molecule has 134 valence electrons. The van der Waals surface area contributed by atoms with E-state index in [1.54, 1.807) is 6.33 Å². The summed E-state index contributed by atoms with van der Waals surface area (Å²) < 4.78 is 4.30. The van der Waals surface area contributed by atoms with E-state index in [0.717, 1.165) is 28.7 Å². The number of aryl methyl sites for hydroxylation is 1. The molecule has 1 aliphatic carbocycles. The predicted octanol–water partition coefficient (Wildman–Crippen LogP) is 4.05. The van der Waals surface area contributed by atoms with E-state index in [-0.39, 0.29) is 5.78 Å². The van der Waals surface area contributed by atoms with Gasteiger partial charge in [0.2, 0.25) is 0 Å². The normalized spacial score (nSPS) is 13.9. The van der Waals surface area contributed by atoms with Crippen LogP contribution in [0, 0.1) is 13.8 Å². The van der Waals surface area contributed by atoms with Crippen molar-refractivity contribution in [3.8, 4) is 0 Å². The molecule has 0 N–H and O–H groups in total. The molecule has 2 heterocycles. The Kier molecular flexibility index (Phi) is 4.68. The van der Waals surface area contributed by atoms with Gasteiger partial charge in [0.25, 0.3) is 0 Å². The number of thioether (sulfide) groups is 1. The highest BCUT2D eigenvalue weighted by Crippen LogP contribution is 2.37. The van der Waals surface area contributed by atoms with Crippen LogP contribution in [-0.4, -0.2) is 30.9 Å². The fourth-order valence-corrected chi connectivity index (χ4v) is 4.10. The number of aromatic nitrogens is 4. The second-order valence-electron chi connectivity index (χ2n) is 6.82. The number of nitrogens with zero attached hydrogens (tertiary/aromatic N) is 4. The Morgan fingerprint density at radius 3 is 2.73 bits per heavy atom. The van der Waals surface area contributed by atoms with Gasteiger partial charge in [-0.2, -0.15) is 0 Å². The van der Waals surface area contributed by atoms with E-state index in [1.807, 2.05) is 31.2 Å². The molecule has 1 aliphatic rings. The lowest BCUT2D eigenvalue weighted by Gasteiger charge is -2.10. The maximum atomic E-state index is 12.8. The van der Waals surface area contributed by atoms with Crippen molar-refractivity contribution in [2.45, 2.75) is 44.4 Å². The van der Waals surface area contributed by atoms with Crippen molar-refractivity contribution in [2.75, 3.05) is 5.75 Å². The maximum Gasteiger partial charge on any atom is 0.191 e. The zero-order chi connectivity index (χ0) is 18.1. The van der Waals surface area contributed by atoms with E-state index in [2.05, 4.69) is 38.4 Å². The molecule has 0 aliphatic heterocycles. The number of hydrogen-bond donors (Lipinski definition) is 0. The topological polar surface area (TPSA) is 52.7 Å². The Labute approximate surface area is 157 Å². The highest BCUT2D eigenvalue weighted by Gasteiger charge is 2.26. The van der Waals surface area contributed by atoms with Gasteiger partial charge >= 0.3 is 0 Å². The van der Waals surface area contributed by atoms with Crippen molar-refractivity contribution in [3.63, 3.8) is 0 Å². The standard InChI is InChI=1S/C20H22N4OS/c1-14-10-18(15(2)23(14)11-16-6-4-3-5-7-16)19(25)12-26-20-22-21-13-24(20)17-8-9-17/h3-7,10,13,17H,8-9,11-12H2,1-2H3. The molecule has 0 amide bonds. The molecular weight excluding hydrogens is 344 g/mol. The average molecular weight is 366 g/mol. The van der Waals surface area contributed by atoms with Gasteiger partial charge in [0.15, 0.2) is 10.9 Å². The number of carbonyl (C=O) groups is 1. The van der Waals surface area contributed by atoms with Crippen LogP contribution < -0.4 is 0 Å². The second kappa shape index (κ2) is 7.11. The molecule has 1 aromatic carbocycles. The van der Waals surface area contributed by atoms with E-state index >= 15 is 0 Å². The first-order chi connectivity index (χ1) is 12.6. The fraction of sp³-hybridized carbons (Fsp3) is 0.350. The predicted molar refractivity (Wildman–Crippen MR) is 103 cm³/mol. The highest BCUT2D eigenvalue weighted by molar-refractivity contribution is 7.99. The van der Waals surface area contributed by atoms with Gasteiger partial charge in [-0.3, -0.25) is 4.79 Å². The minimum atomic E-state index is 0.146. The average Bonchev–Trinajstić information content (AvgIpc) is 3.33. The van der Waals surface area contributed by atoms with Gasteiger partial charge in [0.1, 0.15) is 6.33 Å². The number of ketones is 1. The molecule has 3 aromatic rings. The van der Waals surface area contributed by atoms with Gasteiger partial charge in [-0.1, -0.05) is 42.1 Å². The van der Waals surface area contributed by atoms with Crippen LogP contribution in [0.2, 0.25) is 0 Å². The molecule has 1 saturated carbocycles. The van der Waals surface area contributed by atoms with E-state index < -0.39 is 0 Å². The summed E-state index contributed by atoms with van der Waals surface area (Å²) >= 11 is 1.48. The molecule has 2 aromatic heterocycles. The van der Waals surface area contributed by atoms with Crippen LogP contribution in [0.25, 0.3) is 0 Å². The van der Waals surface area contributed by atoms with E-state index in [9.17, 15) is 4.79 Å². The zero-order valence-corrected chi connectivity index (χ0v) is 15.9. The second-order valence-corrected chi connectivity index (χ2v) is 7.76. The lowest BCUT2D eigenvalue weighted by atomic mass is 10.2. The summed E-state index contributed by atoms with van der Waals surface area (Å²) in [6.45, 7) is 4.87. The number of carbonyl (C=O) groups excluding carboxylic acids is 1.